The maximum absolute atomic E-state index is 12.2. The highest BCUT2D eigenvalue weighted by atomic mass is 16.2. The number of carbonyl (C=O) groups excluding carboxylic acids is 2. The van der Waals surface area contributed by atoms with E-state index in [1.807, 2.05) is 6.92 Å². The molecule has 0 fully saturated rings. The van der Waals surface area contributed by atoms with Gasteiger partial charge >= 0.3 is 0 Å². The largest absolute Gasteiger partial charge is 0.373 e. The molecule has 21 heavy (non-hydrogen) atoms. The maximum atomic E-state index is 12.2. The molecule has 2 amide bonds. The predicted octanol–water partition coefficient (Wildman–Crippen LogP) is 1.19. The molecular weight excluding hydrogens is 268 g/mol. The molecule has 6 heteroatoms. The number of amides is 2. The predicted molar refractivity (Wildman–Crippen MR) is 83.3 cm³/mol. The van der Waals surface area contributed by atoms with Crippen molar-refractivity contribution >= 4 is 17.6 Å². The Hall–Kier alpha value is -2.11. The standard InChI is InChI=1S/C15H24N4O2/c1-6-11-7-10(8-12(16-4)19-11)13(20)18-9-15(2,3)14(21)17-5/h7-8H,6,9H2,1-5H3,(H,16,19)(H,17,21)(H,18,20). The molecule has 0 atom stereocenters. The normalized spacial score (nSPS) is 10.9. The Morgan fingerprint density at radius 1 is 1.24 bits per heavy atom. The van der Waals surface area contributed by atoms with Gasteiger partial charge in [-0.3, -0.25) is 9.59 Å². The van der Waals surface area contributed by atoms with Gasteiger partial charge < -0.3 is 16.0 Å². The van der Waals surface area contributed by atoms with E-state index in [0.717, 1.165) is 12.1 Å². The third-order valence-electron chi connectivity index (χ3n) is 3.29. The number of rotatable bonds is 6. The first-order valence-corrected chi connectivity index (χ1v) is 7.03. The quantitative estimate of drug-likeness (QED) is 0.735. The summed E-state index contributed by atoms with van der Waals surface area (Å²) in [6, 6.07) is 3.46. The molecule has 116 valence electrons. The van der Waals surface area contributed by atoms with Crippen molar-refractivity contribution in [1.82, 2.24) is 15.6 Å². The Morgan fingerprint density at radius 3 is 2.43 bits per heavy atom. The first-order chi connectivity index (χ1) is 9.83. The molecule has 1 heterocycles. The minimum atomic E-state index is -0.656. The maximum Gasteiger partial charge on any atom is 0.251 e. The minimum absolute atomic E-state index is 0.109. The fraction of sp³-hybridized carbons (Fsp3) is 0.533. The van der Waals surface area contributed by atoms with Gasteiger partial charge in [-0.2, -0.15) is 0 Å². The lowest BCUT2D eigenvalue weighted by Gasteiger charge is -2.22. The molecule has 0 spiro atoms. The second kappa shape index (κ2) is 7.06. The number of hydrogen-bond donors (Lipinski definition) is 3. The second-order valence-electron chi connectivity index (χ2n) is 5.48. The lowest BCUT2D eigenvalue weighted by molar-refractivity contribution is -0.128. The highest BCUT2D eigenvalue weighted by Gasteiger charge is 2.27. The van der Waals surface area contributed by atoms with Gasteiger partial charge in [0.2, 0.25) is 5.91 Å². The SMILES string of the molecule is CCc1cc(C(=O)NCC(C)(C)C(=O)NC)cc(NC)n1. The molecule has 0 bridgehead atoms. The van der Waals surface area contributed by atoms with E-state index in [9.17, 15) is 9.59 Å². The summed E-state index contributed by atoms with van der Waals surface area (Å²) in [7, 11) is 3.35. The first kappa shape index (κ1) is 16.9. The Kier molecular flexibility index (Phi) is 5.69. The number of pyridine rings is 1. The molecule has 1 aromatic rings. The van der Waals surface area contributed by atoms with Crippen molar-refractivity contribution in [3.8, 4) is 0 Å². The van der Waals surface area contributed by atoms with Gasteiger partial charge in [-0.05, 0) is 32.4 Å². The van der Waals surface area contributed by atoms with E-state index >= 15 is 0 Å². The molecule has 1 aromatic heterocycles. The van der Waals surface area contributed by atoms with Crippen LogP contribution in [0.15, 0.2) is 12.1 Å². The molecule has 3 N–H and O–H groups in total. The first-order valence-electron chi connectivity index (χ1n) is 7.03. The summed E-state index contributed by atoms with van der Waals surface area (Å²) < 4.78 is 0. The zero-order valence-electron chi connectivity index (χ0n) is 13.3. The zero-order valence-corrected chi connectivity index (χ0v) is 13.3. The summed E-state index contributed by atoms with van der Waals surface area (Å²) in [6.45, 7) is 5.83. The molecule has 0 unspecified atom stereocenters. The lowest BCUT2D eigenvalue weighted by Crippen LogP contribution is -2.43. The van der Waals surface area contributed by atoms with Crippen LogP contribution in [0.25, 0.3) is 0 Å². The molecule has 6 nitrogen and oxygen atoms in total. The molecule has 0 saturated carbocycles. The summed E-state index contributed by atoms with van der Waals surface area (Å²) in [5, 5.41) is 8.34. The van der Waals surface area contributed by atoms with Crippen molar-refractivity contribution in [3.05, 3.63) is 23.4 Å². The Bertz CT molecular complexity index is 504. The van der Waals surface area contributed by atoms with Crippen molar-refractivity contribution in [2.45, 2.75) is 27.2 Å². The highest BCUT2D eigenvalue weighted by Crippen LogP contribution is 2.15. The molecule has 0 aliphatic carbocycles. The van der Waals surface area contributed by atoms with Crippen LogP contribution in [0, 0.1) is 5.41 Å². The van der Waals surface area contributed by atoms with Crippen molar-refractivity contribution in [2.24, 2.45) is 5.41 Å². The number of nitrogens with zero attached hydrogens (tertiary/aromatic N) is 1. The Morgan fingerprint density at radius 2 is 1.90 bits per heavy atom. The third kappa shape index (κ3) is 4.44. The van der Waals surface area contributed by atoms with Crippen LogP contribution >= 0.6 is 0 Å². The Labute approximate surface area is 125 Å². The topological polar surface area (TPSA) is 83.1 Å². The van der Waals surface area contributed by atoms with E-state index in [2.05, 4.69) is 20.9 Å². The molecule has 0 radical (unpaired) electrons. The van der Waals surface area contributed by atoms with Crippen LogP contribution in [0.2, 0.25) is 0 Å². The number of aromatic nitrogens is 1. The summed E-state index contributed by atoms with van der Waals surface area (Å²) >= 11 is 0. The van der Waals surface area contributed by atoms with Crippen LogP contribution < -0.4 is 16.0 Å². The van der Waals surface area contributed by atoms with Gasteiger partial charge in [-0.1, -0.05) is 6.92 Å². The highest BCUT2D eigenvalue weighted by molar-refractivity contribution is 5.95. The molecule has 0 saturated heterocycles. The number of nitrogens with one attached hydrogen (secondary N) is 3. The average Bonchev–Trinajstić information content (AvgIpc) is 2.50. The van der Waals surface area contributed by atoms with Gasteiger partial charge in [0.05, 0.1) is 5.41 Å². The van der Waals surface area contributed by atoms with E-state index in [4.69, 9.17) is 0 Å². The van der Waals surface area contributed by atoms with Crippen LogP contribution in [0.3, 0.4) is 0 Å². The number of hydrogen-bond acceptors (Lipinski definition) is 4. The smallest absolute Gasteiger partial charge is 0.251 e. The van der Waals surface area contributed by atoms with Gasteiger partial charge in [-0.15, -0.1) is 0 Å². The molecule has 0 aromatic carbocycles. The lowest BCUT2D eigenvalue weighted by atomic mass is 9.92. The van der Waals surface area contributed by atoms with E-state index in [1.54, 1.807) is 40.1 Å². The average molecular weight is 292 g/mol. The summed E-state index contributed by atoms with van der Waals surface area (Å²) in [4.78, 5) is 28.3. The summed E-state index contributed by atoms with van der Waals surface area (Å²) in [6.07, 6.45) is 0.750. The summed E-state index contributed by atoms with van der Waals surface area (Å²) in [5.74, 6) is 0.341. The number of aryl methyl sites for hydroxylation is 1. The van der Waals surface area contributed by atoms with Gasteiger partial charge in [0.15, 0.2) is 0 Å². The monoisotopic (exact) mass is 292 g/mol. The Balaban J connectivity index is 2.83. The van der Waals surface area contributed by atoms with Crippen LogP contribution in [-0.4, -0.2) is 37.4 Å². The third-order valence-corrected chi connectivity index (χ3v) is 3.29. The van der Waals surface area contributed by atoms with Crippen molar-refractivity contribution in [2.75, 3.05) is 26.0 Å². The van der Waals surface area contributed by atoms with Crippen molar-refractivity contribution in [1.29, 1.82) is 0 Å². The van der Waals surface area contributed by atoms with Crippen LogP contribution in [-0.2, 0) is 11.2 Å². The van der Waals surface area contributed by atoms with Crippen molar-refractivity contribution in [3.63, 3.8) is 0 Å². The van der Waals surface area contributed by atoms with Crippen LogP contribution in [0.1, 0.15) is 36.8 Å². The van der Waals surface area contributed by atoms with Crippen molar-refractivity contribution < 1.29 is 9.59 Å². The van der Waals surface area contributed by atoms with Gasteiger partial charge in [0, 0.05) is 31.9 Å². The second-order valence-corrected chi connectivity index (χ2v) is 5.48. The van der Waals surface area contributed by atoms with Crippen LogP contribution in [0.4, 0.5) is 5.82 Å². The van der Waals surface area contributed by atoms with Crippen LogP contribution in [0.5, 0.6) is 0 Å². The fourth-order valence-electron chi connectivity index (χ4n) is 1.85. The molecule has 0 aliphatic rings. The van der Waals surface area contributed by atoms with E-state index in [-0.39, 0.29) is 18.4 Å². The number of anilines is 1. The zero-order chi connectivity index (χ0) is 16.0. The van der Waals surface area contributed by atoms with Gasteiger partial charge in [-0.25, -0.2) is 4.98 Å². The minimum Gasteiger partial charge on any atom is -0.373 e. The number of carbonyl (C=O) groups is 2. The molecule has 1 rings (SSSR count). The summed E-state index contributed by atoms with van der Waals surface area (Å²) in [5.41, 5.74) is 0.730. The fourth-order valence-corrected chi connectivity index (χ4v) is 1.85. The van der Waals surface area contributed by atoms with E-state index < -0.39 is 5.41 Å². The van der Waals surface area contributed by atoms with E-state index in [0.29, 0.717) is 11.4 Å². The van der Waals surface area contributed by atoms with Gasteiger partial charge in [0.25, 0.3) is 5.91 Å². The molecule has 0 aliphatic heterocycles. The van der Waals surface area contributed by atoms with E-state index in [1.165, 1.54) is 0 Å². The molecular formula is C15H24N4O2. The van der Waals surface area contributed by atoms with Gasteiger partial charge in [0.1, 0.15) is 5.82 Å².